The summed E-state index contributed by atoms with van der Waals surface area (Å²) in [7, 11) is -1.97. The zero-order chi connectivity index (χ0) is 38.4. The highest BCUT2D eigenvalue weighted by atomic mass is 32.1. The largest absolute Gasteiger partial charge is 0.249 e. The summed E-state index contributed by atoms with van der Waals surface area (Å²) < 4.78 is 0. The molecular weight excluding hydrogens is 721 g/mol. The molecule has 2 nitrogen and oxygen atoms in total. The lowest BCUT2D eigenvalue weighted by molar-refractivity contribution is 0.616. The minimum atomic E-state index is -1.97. The van der Waals surface area contributed by atoms with E-state index >= 15 is 0 Å². The lowest BCUT2D eigenvalue weighted by Gasteiger charge is -2.31. The van der Waals surface area contributed by atoms with Crippen molar-refractivity contribution < 1.29 is 0 Å². The summed E-state index contributed by atoms with van der Waals surface area (Å²) in [4.78, 5) is 15.9. The van der Waals surface area contributed by atoms with E-state index in [1.54, 1.807) is 10.4 Å². The van der Waals surface area contributed by atoms with Crippen LogP contribution in [0.1, 0.15) is 127 Å². The highest BCUT2D eigenvalue weighted by Crippen LogP contribution is 2.43. The maximum absolute atomic E-state index is 5.37. The number of fused-ring (bicyclic) bond motifs is 4. The third-order valence-corrected chi connectivity index (χ3v) is 19.7. The maximum Gasteiger partial charge on any atom is 0.119 e. The molecule has 3 aromatic heterocycles. The van der Waals surface area contributed by atoms with Gasteiger partial charge in [-0.05, 0) is 90.1 Å². The normalized spacial score (nSPS) is 13.1. The van der Waals surface area contributed by atoms with E-state index in [9.17, 15) is 0 Å². The van der Waals surface area contributed by atoms with Crippen LogP contribution in [0.4, 0.5) is 0 Å². The molecule has 0 spiro atoms. The predicted molar refractivity (Wildman–Crippen MR) is 247 cm³/mol. The van der Waals surface area contributed by atoms with E-state index < -0.39 is 8.07 Å². The fraction of sp³-hybridized carbons (Fsp3) is 0.440. The number of nitrogens with zero attached hydrogens (tertiary/aromatic N) is 2. The maximum atomic E-state index is 5.37. The summed E-state index contributed by atoms with van der Waals surface area (Å²) in [5.74, 6) is 0. The van der Waals surface area contributed by atoms with Gasteiger partial charge in [-0.2, -0.15) is 0 Å². The van der Waals surface area contributed by atoms with E-state index in [1.165, 1.54) is 142 Å². The Morgan fingerprint density at radius 3 is 1.53 bits per heavy atom. The second-order valence-electron chi connectivity index (χ2n) is 16.2. The average Bonchev–Trinajstić information content (AvgIpc) is 3.93. The van der Waals surface area contributed by atoms with Crippen molar-refractivity contribution in [3.63, 3.8) is 0 Å². The highest BCUT2D eigenvalue weighted by molar-refractivity contribution is 7.19. The lowest BCUT2D eigenvalue weighted by atomic mass is 10.0. The molecule has 3 aromatic carbocycles. The van der Waals surface area contributed by atoms with Crippen LogP contribution in [0.25, 0.3) is 53.5 Å². The van der Waals surface area contributed by atoms with Gasteiger partial charge in [-0.3, -0.25) is 0 Å². The van der Waals surface area contributed by atoms with E-state index in [-0.39, 0.29) is 0 Å². The van der Waals surface area contributed by atoms with Crippen LogP contribution in [-0.2, 0) is 12.8 Å². The van der Waals surface area contributed by atoms with Crippen LogP contribution in [0.15, 0.2) is 72.8 Å². The van der Waals surface area contributed by atoms with Crippen molar-refractivity contribution in [1.82, 2.24) is 9.97 Å². The second kappa shape index (κ2) is 18.3. The van der Waals surface area contributed by atoms with Crippen molar-refractivity contribution >= 4 is 52.2 Å². The molecule has 0 bridgehead atoms. The van der Waals surface area contributed by atoms with E-state index in [1.807, 2.05) is 22.7 Å². The molecule has 4 heterocycles. The van der Waals surface area contributed by atoms with Crippen LogP contribution in [-0.4, -0.2) is 18.0 Å². The van der Waals surface area contributed by atoms with Crippen molar-refractivity contribution in [1.29, 1.82) is 0 Å². The predicted octanol–water partition coefficient (Wildman–Crippen LogP) is 14.8. The van der Waals surface area contributed by atoms with E-state index in [2.05, 4.69) is 114 Å². The molecule has 0 radical (unpaired) electrons. The first-order valence-electron chi connectivity index (χ1n) is 21.7. The molecule has 0 atom stereocenters. The van der Waals surface area contributed by atoms with Crippen molar-refractivity contribution in [3.05, 3.63) is 94.6 Å². The monoisotopic (exact) mass is 782 g/mol. The Hall–Kier alpha value is -3.38. The molecule has 1 aliphatic rings. The molecule has 0 amide bonds. The van der Waals surface area contributed by atoms with Gasteiger partial charge in [-0.15, -0.1) is 22.7 Å². The number of benzene rings is 3. The number of unbranched alkanes of at least 4 members (excludes halogenated alkanes) is 10. The van der Waals surface area contributed by atoms with Crippen LogP contribution in [0, 0.1) is 13.8 Å². The number of hydrogen-bond acceptors (Lipinski definition) is 4. The van der Waals surface area contributed by atoms with Crippen LogP contribution in [0.5, 0.6) is 0 Å². The molecule has 1 aliphatic heterocycles. The molecule has 0 aliphatic carbocycles. The molecule has 0 N–H and O–H groups in total. The van der Waals surface area contributed by atoms with E-state index in [0.29, 0.717) is 0 Å². The van der Waals surface area contributed by atoms with Crippen LogP contribution in [0.3, 0.4) is 0 Å². The molecule has 6 aromatic rings. The van der Waals surface area contributed by atoms with Crippen molar-refractivity contribution in [2.75, 3.05) is 0 Å². The lowest BCUT2D eigenvalue weighted by Crippen LogP contribution is -2.55. The first-order valence-corrected chi connectivity index (χ1v) is 25.7. The Balaban J connectivity index is 1.28. The van der Waals surface area contributed by atoms with Crippen LogP contribution in [0.2, 0.25) is 12.1 Å². The second-order valence-corrected chi connectivity index (χ2v) is 22.8. The SMILES string of the molecule is CCCCCCCC[Si]1(CCCCCCCC)c2cc(C)ccc2-c2ccc(-c3ccc(-c4ccc(-c5ccc(C)s5)c5nc(CC)c(CC)nc45)s3)cc21. The van der Waals surface area contributed by atoms with Gasteiger partial charge in [-0.25, -0.2) is 9.97 Å². The fourth-order valence-corrected chi connectivity index (χ4v) is 16.9. The number of thiophene rings is 2. The third-order valence-electron chi connectivity index (χ3n) is 12.2. The summed E-state index contributed by atoms with van der Waals surface area (Å²) in [6.07, 6.45) is 18.2. The Kier molecular flexibility index (Phi) is 13.2. The minimum absolute atomic E-state index is 0.893. The van der Waals surface area contributed by atoms with Crippen molar-refractivity contribution in [2.24, 2.45) is 0 Å². The zero-order valence-corrected chi connectivity index (χ0v) is 37.1. The number of rotatable bonds is 19. The summed E-state index contributed by atoms with van der Waals surface area (Å²) in [5, 5.41) is 3.45. The van der Waals surface area contributed by atoms with Gasteiger partial charge in [0.15, 0.2) is 0 Å². The fourth-order valence-electron chi connectivity index (χ4n) is 9.23. The van der Waals surface area contributed by atoms with Gasteiger partial charge in [0.1, 0.15) is 8.07 Å². The Bertz CT molecular complexity index is 2210. The Morgan fingerprint density at radius 1 is 0.473 bits per heavy atom. The molecule has 0 fully saturated rings. The van der Waals surface area contributed by atoms with Gasteiger partial charge in [0, 0.05) is 30.6 Å². The van der Waals surface area contributed by atoms with E-state index in [4.69, 9.17) is 9.97 Å². The smallest absolute Gasteiger partial charge is 0.119 e. The van der Waals surface area contributed by atoms with Gasteiger partial charge in [-0.1, -0.05) is 159 Å². The Morgan fingerprint density at radius 2 is 0.964 bits per heavy atom. The molecule has 288 valence electrons. The van der Waals surface area contributed by atoms with Gasteiger partial charge in [0.2, 0.25) is 0 Å². The van der Waals surface area contributed by atoms with Crippen molar-refractivity contribution in [3.8, 4) is 42.4 Å². The summed E-state index contributed by atoms with van der Waals surface area (Å²) in [5.41, 5.74) is 12.6. The number of aryl methyl sites for hydroxylation is 4. The van der Waals surface area contributed by atoms with Gasteiger partial charge < -0.3 is 0 Å². The first-order chi connectivity index (χ1) is 26.9. The highest BCUT2D eigenvalue weighted by Gasteiger charge is 2.44. The van der Waals surface area contributed by atoms with Crippen LogP contribution < -0.4 is 10.4 Å². The third kappa shape index (κ3) is 8.36. The molecule has 0 saturated heterocycles. The molecule has 7 rings (SSSR count). The quantitative estimate of drug-likeness (QED) is 0.0604. The van der Waals surface area contributed by atoms with Gasteiger partial charge in [0.05, 0.1) is 22.4 Å². The zero-order valence-electron chi connectivity index (χ0n) is 34.5. The first kappa shape index (κ1) is 39.8. The molecule has 0 saturated carbocycles. The minimum Gasteiger partial charge on any atom is -0.249 e. The molecule has 0 unspecified atom stereocenters. The summed E-state index contributed by atoms with van der Waals surface area (Å²) in [6.45, 7) is 13.6. The van der Waals surface area contributed by atoms with Gasteiger partial charge in [0.25, 0.3) is 0 Å². The number of hydrogen-bond donors (Lipinski definition) is 0. The standard InChI is InChI=1S/C50H62N2S2Si/c1-7-11-13-15-17-19-31-55(32-20-18-16-14-12-8-2)47-33-35(5)21-24-38(47)39-25-23-37(34-48(39)55)44-29-30-46(54-44)41-27-26-40(45-28-22-36(6)53-45)49-50(41)52-43(10-4)42(9-3)51-49/h21-30,33-34H,7-20,31-32H2,1-6H3. The Labute approximate surface area is 340 Å². The van der Waals surface area contributed by atoms with Crippen LogP contribution >= 0.6 is 22.7 Å². The van der Waals surface area contributed by atoms with Gasteiger partial charge >= 0.3 is 0 Å². The molecule has 55 heavy (non-hydrogen) atoms. The van der Waals surface area contributed by atoms with E-state index in [0.717, 1.165) is 35.3 Å². The topological polar surface area (TPSA) is 25.8 Å². The number of aromatic nitrogens is 2. The molecular formula is C50H62N2S2Si. The van der Waals surface area contributed by atoms with Crippen molar-refractivity contribution in [2.45, 2.75) is 144 Å². The molecule has 5 heteroatoms. The summed E-state index contributed by atoms with van der Waals surface area (Å²) >= 11 is 3.77. The summed E-state index contributed by atoms with van der Waals surface area (Å²) in [6, 6.07) is 31.6. The average molecular weight is 783 g/mol.